The van der Waals surface area contributed by atoms with Crippen LogP contribution in [0.1, 0.15) is 61.9 Å². The van der Waals surface area contributed by atoms with Gasteiger partial charge >= 0.3 is 0 Å². The maximum absolute atomic E-state index is 14.6. The lowest BCUT2D eigenvalue weighted by molar-refractivity contribution is -0.140. The van der Waals surface area contributed by atoms with E-state index in [-0.39, 0.29) is 50.3 Å². The summed E-state index contributed by atoms with van der Waals surface area (Å²) in [4.78, 5) is 106. The van der Waals surface area contributed by atoms with Crippen molar-refractivity contribution in [3.8, 4) is 5.75 Å². The molecule has 2 heterocycles. The number of nitrogens with one attached hydrogen (secondary N) is 6. The fourth-order valence-corrected chi connectivity index (χ4v) is 8.49. The number of hydrogen-bond acceptors (Lipinski definition) is 11. The van der Waals surface area contributed by atoms with Gasteiger partial charge in [-0.05, 0) is 78.9 Å². The first-order valence-corrected chi connectivity index (χ1v) is 24.2. The number of carbonyl (C=O) groups excluding carboxylic acids is 7. The number of likely N-dealkylation sites (tertiary alicyclic amines) is 1. The highest BCUT2D eigenvalue weighted by Gasteiger charge is 2.39. The Morgan fingerprint density at radius 2 is 1.24 bits per heavy atom. The maximum atomic E-state index is 14.6. The van der Waals surface area contributed by atoms with Crippen molar-refractivity contribution in [3.63, 3.8) is 0 Å². The summed E-state index contributed by atoms with van der Waals surface area (Å²) in [5.41, 5.74) is 14.6. The van der Waals surface area contributed by atoms with E-state index in [1.54, 1.807) is 60.7 Å². The molecule has 1 fully saturated rings. The zero-order valence-corrected chi connectivity index (χ0v) is 39.5. The van der Waals surface area contributed by atoms with Gasteiger partial charge in [0.05, 0.1) is 12.4 Å². The standard InChI is InChI=1S/C49H64N10O8S/c1-30(2)23-38(44(62)54-37(43(51)61)20-22-68-3)55-47(65)41(27-34-28-52-29-53-34)57-45(63)39(25-31-11-6-4-7-12-31)56-46(64)40(26-32-13-8-5-9-14-32)58-48(66)42-15-10-21-59(42)49(67)36(50)24-33-16-18-35(60)19-17-33/h4-9,11-14,16-19,28-30,36-42,60H,10,15,20-27,50H2,1-3H3,(H2,51,61)(H,52,53)(H,54,62)(H,55,65)(H,56,64)(H,57,63)(H,58,66). The third-order valence-electron chi connectivity index (χ3n) is 11.6. The smallest absolute Gasteiger partial charge is 0.243 e. The van der Waals surface area contributed by atoms with Crippen LogP contribution in [0.3, 0.4) is 0 Å². The first-order valence-electron chi connectivity index (χ1n) is 22.8. The van der Waals surface area contributed by atoms with E-state index < -0.39 is 83.6 Å². The highest BCUT2D eigenvalue weighted by atomic mass is 32.2. The lowest BCUT2D eigenvalue weighted by Gasteiger charge is -2.29. The largest absolute Gasteiger partial charge is 0.508 e. The molecule has 7 atom stereocenters. The third kappa shape index (κ3) is 16.0. The molecule has 18 nitrogen and oxygen atoms in total. The van der Waals surface area contributed by atoms with Crippen LogP contribution < -0.4 is 38.1 Å². The van der Waals surface area contributed by atoms with Crippen molar-refractivity contribution in [2.24, 2.45) is 17.4 Å². The zero-order chi connectivity index (χ0) is 49.2. The second-order valence-corrected chi connectivity index (χ2v) is 18.4. The molecule has 364 valence electrons. The van der Waals surface area contributed by atoms with Crippen molar-refractivity contribution in [2.75, 3.05) is 18.6 Å². The van der Waals surface area contributed by atoms with Crippen molar-refractivity contribution >= 4 is 53.1 Å². The molecule has 3 aromatic carbocycles. The first-order chi connectivity index (χ1) is 32.6. The molecule has 0 bridgehead atoms. The van der Waals surface area contributed by atoms with Crippen LogP contribution >= 0.6 is 11.8 Å². The number of aromatic nitrogens is 2. The van der Waals surface area contributed by atoms with Crippen LogP contribution in [0.2, 0.25) is 0 Å². The monoisotopic (exact) mass is 952 g/mol. The van der Waals surface area contributed by atoms with E-state index in [1.165, 1.54) is 41.3 Å². The van der Waals surface area contributed by atoms with Crippen molar-refractivity contribution in [3.05, 3.63) is 120 Å². The molecule has 0 radical (unpaired) electrons. The SMILES string of the molecule is CSCCC(NC(=O)C(CC(C)C)NC(=O)C(Cc1cnc[nH]1)NC(=O)C(Cc1ccccc1)NC(=O)C(Cc1ccccc1)NC(=O)C1CCCN1C(=O)C(N)Cc1ccc(O)cc1)C(N)=O. The van der Waals surface area contributed by atoms with Crippen LogP contribution in [0, 0.1) is 5.92 Å². The molecule has 4 aromatic rings. The molecule has 1 aliphatic rings. The predicted octanol–water partition coefficient (Wildman–Crippen LogP) is 1.41. The molecule has 7 unspecified atom stereocenters. The van der Waals surface area contributed by atoms with E-state index in [4.69, 9.17) is 11.5 Å². The van der Waals surface area contributed by atoms with Gasteiger partial charge in [-0.15, -0.1) is 0 Å². The second kappa shape index (κ2) is 26.0. The van der Waals surface area contributed by atoms with E-state index in [2.05, 4.69) is 36.6 Å². The molecule has 7 amide bonds. The lowest BCUT2D eigenvalue weighted by Crippen LogP contribution is -2.60. The molecular weight excluding hydrogens is 889 g/mol. The molecular formula is C49H64N10O8S. The summed E-state index contributed by atoms with van der Waals surface area (Å²) in [6, 6.07) is 16.6. The van der Waals surface area contributed by atoms with Crippen LogP contribution in [-0.2, 0) is 59.2 Å². The summed E-state index contributed by atoms with van der Waals surface area (Å²) in [7, 11) is 0. The van der Waals surface area contributed by atoms with E-state index in [0.29, 0.717) is 36.3 Å². The van der Waals surface area contributed by atoms with Gasteiger partial charge in [0.25, 0.3) is 0 Å². The van der Waals surface area contributed by atoms with E-state index >= 15 is 0 Å². The minimum atomic E-state index is -1.28. The zero-order valence-electron chi connectivity index (χ0n) is 38.7. The summed E-state index contributed by atoms with van der Waals surface area (Å²) in [6.07, 6.45) is 6.30. The van der Waals surface area contributed by atoms with E-state index in [1.807, 2.05) is 32.2 Å². The van der Waals surface area contributed by atoms with Crippen LogP contribution in [0.15, 0.2) is 97.5 Å². The fourth-order valence-electron chi connectivity index (χ4n) is 8.01. The molecule has 19 heteroatoms. The minimum Gasteiger partial charge on any atom is -0.508 e. The van der Waals surface area contributed by atoms with Crippen LogP contribution in [-0.4, -0.2) is 122 Å². The molecule has 11 N–H and O–H groups in total. The predicted molar refractivity (Wildman–Crippen MR) is 258 cm³/mol. The lowest BCUT2D eigenvalue weighted by atomic mass is 10.0. The Morgan fingerprint density at radius 1 is 0.721 bits per heavy atom. The molecule has 1 aromatic heterocycles. The van der Waals surface area contributed by atoms with E-state index in [0.717, 1.165) is 11.1 Å². The average Bonchev–Trinajstić information content (AvgIpc) is 4.03. The summed E-state index contributed by atoms with van der Waals surface area (Å²) in [5.74, 6) is -3.83. The number of imidazole rings is 1. The molecule has 68 heavy (non-hydrogen) atoms. The van der Waals surface area contributed by atoms with Gasteiger partial charge in [-0.25, -0.2) is 4.98 Å². The van der Waals surface area contributed by atoms with Gasteiger partial charge < -0.3 is 53.0 Å². The molecule has 0 spiro atoms. The normalized spacial score (nSPS) is 16.1. The number of nitrogens with zero attached hydrogens (tertiary/aromatic N) is 2. The van der Waals surface area contributed by atoms with Gasteiger partial charge in [0, 0.05) is 37.7 Å². The number of phenols is 1. The number of hydrogen-bond donors (Lipinski definition) is 9. The number of carbonyl (C=O) groups is 7. The number of nitrogens with two attached hydrogens (primary N) is 2. The molecule has 1 saturated heterocycles. The van der Waals surface area contributed by atoms with Crippen LogP contribution in [0.5, 0.6) is 5.75 Å². The minimum absolute atomic E-state index is 0.00440. The van der Waals surface area contributed by atoms with Crippen molar-refractivity contribution in [2.45, 2.75) is 108 Å². The number of amides is 7. The molecule has 5 rings (SSSR count). The number of benzene rings is 3. The Labute approximate surface area is 400 Å². The highest BCUT2D eigenvalue weighted by Crippen LogP contribution is 2.21. The quantitative estimate of drug-likeness (QED) is 0.0458. The maximum Gasteiger partial charge on any atom is 0.243 e. The first kappa shape index (κ1) is 52.2. The Hall–Kier alpha value is -6.73. The molecule has 0 aliphatic carbocycles. The third-order valence-corrected chi connectivity index (χ3v) is 12.2. The summed E-state index contributed by atoms with van der Waals surface area (Å²) in [6.45, 7) is 4.04. The number of thioether (sulfide) groups is 1. The van der Waals surface area contributed by atoms with Crippen molar-refractivity contribution in [1.82, 2.24) is 41.5 Å². The molecule has 0 saturated carbocycles. The van der Waals surface area contributed by atoms with E-state index in [9.17, 15) is 38.7 Å². The van der Waals surface area contributed by atoms with Gasteiger partial charge in [0.2, 0.25) is 41.4 Å². The van der Waals surface area contributed by atoms with Gasteiger partial charge in [-0.2, -0.15) is 11.8 Å². The van der Waals surface area contributed by atoms with Gasteiger partial charge in [0.1, 0.15) is 42.0 Å². The number of rotatable bonds is 25. The Kier molecular flexibility index (Phi) is 20.0. The van der Waals surface area contributed by atoms with Crippen molar-refractivity contribution < 1.29 is 38.7 Å². The topological polar surface area (TPSA) is 284 Å². The van der Waals surface area contributed by atoms with Crippen LogP contribution in [0.4, 0.5) is 0 Å². The fraction of sp³-hybridized carbons (Fsp3) is 0.429. The van der Waals surface area contributed by atoms with Crippen molar-refractivity contribution in [1.29, 1.82) is 0 Å². The summed E-state index contributed by atoms with van der Waals surface area (Å²) in [5, 5.41) is 23.7. The Morgan fingerprint density at radius 3 is 1.76 bits per heavy atom. The highest BCUT2D eigenvalue weighted by molar-refractivity contribution is 7.98. The summed E-state index contributed by atoms with van der Waals surface area (Å²) < 4.78 is 0. The number of aromatic amines is 1. The van der Waals surface area contributed by atoms with Gasteiger partial charge in [-0.3, -0.25) is 33.6 Å². The number of primary amides is 1. The number of aromatic hydroxyl groups is 1. The average molecular weight is 953 g/mol. The van der Waals surface area contributed by atoms with Gasteiger partial charge in [-0.1, -0.05) is 86.6 Å². The second-order valence-electron chi connectivity index (χ2n) is 17.4. The number of phenolic OH excluding ortho intramolecular Hbond substituents is 1. The van der Waals surface area contributed by atoms with Gasteiger partial charge in [0.15, 0.2) is 0 Å². The van der Waals surface area contributed by atoms with Crippen LogP contribution in [0.25, 0.3) is 0 Å². The molecule has 1 aliphatic heterocycles. The Bertz CT molecular complexity index is 2280. The number of H-pyrrole nitrogens is 1. The Balaban J connectivity index is 1.38. The summed E-state index contributed by atoms with van der Waals surface area (Å²) >= 11 is 1.49.